The Hall–Kier alpha value is -3.68. The standard InChI is InChI=1S/C23H26N6O2/c1-16-5-4-6-21(17(16)2)27-9-11-28(12-10-27)23(31)20-14-29(15-25-20)22-8-7-19(13-24-22)26-18(3)30/h4-8,13-15H,9-12H2,1-3H3,(H,26,30). The largest absolute Gasteiger partial charge is 0.368 e. The molecule has 4 rings (SSSR count). The van der Waals surface area contributed by atoms with Crippen LogP contribution < -0.4 is 10.2 Å². The van der Waals surface area contributed by atoms with Crippen LogP contribution in [0.3, 0.4) is 0 Å². The van der Waals surface area contributed by atoms with Crippen LogP contribution in [0, 0.1) is 13.8 Å². The van der Waals surface area contributed by atoms with Gasteiger partial charge in [-0.05, 0) is 43.2 Å². The van der Waals surface area contributed by atoms with Crippen LogP contribution in [0.5, 0.6) is 0 Å². The zero-order chi connectivity index (χ0) is 22.0. The molecule has 0 radical (unpaired) electrons. The topological polar surface area (TPSA) is 83.4 Å². The minimum absolute atomic E-state index is 0.0748. The molecule has 8 nitrogen and oxygen atoms in total. The van der Waals surface area contributed by atoms with Crippen molar-refractivity contribution in [1.29, 1.82) is 0 Å². The summed E-state index contributed by atoms with van der Waals surface area (Å²) in [6, 6.07) is 9.88. The number of anilines is 2. The SMILES string of the molecule is CC(=O)Nc1ccc(-n2cnc(C(=O)N3CCN(c4cccc(C)c4C)CC3)c2)nc1. The van der Waals surface area contributed by atoms with Crippen LogP contribution in [0.15, 0.2) is 49.1 Å². The first-order valence-electron chi connectivity index (χ1n) is 10.3. The Morgan fingerprint density at radius 1 is 1.00 bits per heavy atom. The molecule has 3 aromatic rings. The van der Waals surface area contributed by atoms with E-state index >= 15 is 0 Å². The number of hydrogen-bond donors (Lipinski definition) is 1. The molecule has 0 spiro atoms. The third-order valence-electron chi connectivity index (χ3n) is 5.62. The first kappa shape index (κ1) is 20.6. The monoisotopic (exact) mass is 418 g/mol. The molecule has 0 atom stereocenters. The minimum atomic E-state index is -0.150. The highest BCUT2D eigenvalue weighted by Crippen LogP contribution is 2.24. The summed E-state index contributed by atoms with van der Waals surface area (Å²) >= 11 is 0. The molecule has 160 valence electrons. The smallest absolute Gasteiger partial charge is 0.274 e. The summed E-state index contributed by atoms with van der Waals surface area (Å²) in [5.74, 6) is 0.400. The van der Waals surface area contributed by atoms with Gasteiger partial charge < -0.3 is 15.1 Å². The number of amides is 2. The van der Waals surface area contributed by atoms with Gasteiger partial charge in [0.2, 0.25) is 5.91 Å². The maximum absolute atomic E-state index is 12.9. The molecule has 1 N–H and O–H groups in total. The van der Waals surface area contributed by atoms with Crippen molar-refractivity contribution in [3.63, 3.8) is 0 Å². The number of imidazole rings is 1. The predicted octanol–water partition coefficient (Wildman–Crippen LogP) is 2.80. The fraction of sp³-hybridized carbons (Fsp3) is 0.304. The third-order valence-corrected chi connectivity index (χ3v) is 5.62. The van der Waals surface area contributed by atoms with E-state index in [2.05, 4.69) is 52.2 Å². The van der Waals surface area contributed by atoms with Gasteiger partial charge in [-0.15, -0.1) is 0 Å². The number of nitrogens with zero attached hydrogens (tertiary/aromatic N) is 5. The molecule has 0 saturated carbocycles. The number of carbonyl (C=O) groups is 2. The second kappa shape index (κ2) is 8.59. The van der Waals surface area contributed by atoms with Gasteiger partial charge in [0.25, 0.3) is 5.91 Å². The van der Waals surface area contributed by atoms with Crippen molar-refractivity contribution in [2.45, 2.75) is 20.8 Å². The van der Waals surface area contributed by atoms with E-state index in [0.29, 0.717) is 30.3 Å². The van der Waals surface area contributed by atoms with E-state index in [4.69, 9.17) is 0 Å². The van der Waals surface area contributed by atoms with Crippen LogP contribution in [-0.4, -0.2) is 57.4 Å². The van der Waals surface area contributed by atoms with Crippen LogP contribution in [0.1, 0.15) is 28.5 Å². The molecule has 0 bridgehead atoms. The highest BCUT2D eigenvalue weighted by Gasteiger charge is 2.24. The number of aryl methyl sites for hydroxylation is 1. The van der Waals surface area contributed by atoms with Gasteiger partial charge in [-0.3, -0.25) is 14.2 Å². The van der Waals surface area contributed by atoms with Crippen LogP contribution in [-0.2, 0) is 4.79 Å². The van der Waals surface area contributed by atoms with Crippen molar-refractivity contribution in [3.8, 4) is 5.82 Å². The molecular weight excluding hydrogens is 392 g/mol. The Kier molecular flexibility index (Phi) is 5.70. The number of nitrogens with one attached hydrogen (secondary N) is 1. The van der Waals surface area contributed by atoms with Crippen LogP contribution in [0.25, 0.3) is 5.82 Å². The number of rotatable bonds is 4. The molecule has 31 heavy (non-hydrogen) atoms. The summed E-state index contributed by atoms with van der Waals surface area (Å²) in [6.07, 6.45) is 4.85. The predicted molar refractivity (Wildman–Crippen MR) is 120 cm³/mol. The normalized spacial score (nSPS) is 13.9. The number of carbonyl (C=O) groups excluding carboxylic acids is 2. The Morgan fingerprint density at radius 2 is 1.77 bits per heavy atom. The highest BCUT2D eigenvalue weighted by molar-refractivity contribution is 5.92. The number of hydrogen-bond acceptors (Lipinski definition) is 5. The average molecular weight is 419 g/mol. The summed E-state index contributed by atoms with van der Waals surface area (Å²) in [6.45, 7) is 8.61. The molecule has 8 heteroatoms. The highest BCUT2D eigenvalue weighted by atomic mass is 16.2. The average Bonchev–Trinajstić information content (AvgIpc) is 3.26. The van der Waals surface area contributed by atoms with E-state index in [1.807, 2.05) is 4.90 Å². The molecule has 0 aliphatic carbocycles. The molecule has 1 saturated heterocycles. The first-order valence-corrected chi connectivity index (χ1v) is 10.3. The van der Waals surface area contributed by atoms with Crippen LogP contribution >= 0.6 is 0 Å². The van der Waals surface area contributed by atoms with Crippen molar-refractivity contribution in [2.24, 2.45) is 0 Å². The van der Waals surface area contributed by atoms with E-state index in [1.165, 1.54) is 23.7 Å². The van der Waals surface area contributed by atoms with Gasteiger partial charge >= 0.3 is 0 Å². The maximum Gasteiger partial charge on any atom is 0.274 e. The Morgan fingerprint density at radius 3 is 2.45 bits per heavy atom. The fourth-order valence-corrected chi connectivity index (χ4v) is 3.77. The van der Waals surface area contributed by atoms with Gasteiger partial charge in [0.15, 0.2) is 0 Å². The van der Waals surface area contributed by atoms with Crippen molar-refractivity contribution < 1.29 is 9.59 Å². The van der Waals surface area contributed by atoms with E-state index in [9.17, 15) is 9.59 Å². The van der Waals surface area contributed by atoms with Gasteiger partial charge in [-0.25, -0.2) is 9.97 Å². The van der Waals surface area contributed by atoms with Gasteiger partial charge in [0.05, 0.1) is 11.9 Å². The number of benzene rings is 1. The van der Waals surface area contributed by atoms with Crippen molar-refractivity contribution in [2.75, 3.05) is 36.4 Å². The van der Waals surface area contributed by atoms with E-state index in [-0.39, 0.29) is 11.8 Å². The van der Waals surface area contributed by atoms with E-state index < -0.39 is 0 Å². The molecular formula is C23H26N6O2. The zero-order valence-corrected chi connectivity index (χ0v) is 18.0. The first-order chi connectivity index (χ1) is 14.9. The molecule has 1 aliphatic rings. The zero-order valence-electron chi connectivity index (χ0n) is 18.0. The molecule has 2 aromatic heterocycles. The van der Waals surface area contributed by atoms with Crippen LogP contribution in [0.2, 0.25) is 0 Å². The molecule has 1 aliphatic heterocycles. The van der Waals surface area contributed by atoms with Gasteiger partial charge in [-0.1, -0.05) is 12.1 Å². The van der Waals surface area contributed by atoms with Gasteiger partial charge in [0.1, 0.15) is 17.8 Å². The van der Waals surface area contributed by atoms with Crippen molar-refractivity contribution in [3.05, 3.63) is 65.9 Å². The summed E-state index contributed by atoms with van der Waals surface area (Å²) in [5.41, 5.74) is 4.82. The summed E-state index contributed by atoms with van der Waals surface area (Å²) in [4.78, 5) is 36.9. The Balaban J connectivity index is 1.40. The van der Waals surface area contributed by atoms with Crippen molar-refractivity contribution in [1.82, 2.24) is 19.4 Å². The maximum atomic E-state index is 12.9. The molecule has 2 amide bonds. The lowest BCUT2D eigenvalue weighted by atomic mass is 10.1. The van der Waals surface area contributed by atoms with Gasteiger partial charge in [-0.2, -0.15) is 0 Å². The van der Waals surface area contributed by atoms with Crippen LogP contribution in [0.4, 0.5) is 11.4 Å². The lowest BCUT2D eigenvalue weighted by Crippen LogP contribution is -2.49. The quantitative estimate of drug-likeness (QED) is 0.704. The molecule has 1 fully saturated rings. The molecule has 1 aromatic carbocycles. The second-order valence-electron chi connectivity index (χ2n) is 7.75. The molecule has 3 heterocycles. The number of pyridine rings is 1. The van der Waals surface area contributed by atoms with Crippen molar-refractivity contribution >= 4 is 23.2 Å². The Labute approximate surface area is 181 Å². The number of aromatic nitrogens is 3. The second-order valence-corrected chi connectivity index (χ2v) is 7.75. The summed E-state index contributed by atoms with van der Waals surface area (Å²) in [7, 11) is 0. The lowest BCUT2D eigenvalue weighted by molar-refractivity contribution is -0.114. The van der Waals surface area contributed by atoms with E-state index in [0.717, 1.165) is 13.1 Å². The number of piperazine rings is 1. The molecule has 0 unspecified atom stereocenters. The summed E-state index contributed by atoms with van der Waals surface area (Å²) in [5, 5.41) is 2.68. The minimum Gasteiger partial charge on any atom is -0.368 e. The lowest BCUT2D eigenvalue weighted by Gasteiger charge is -2.36. The van der Waals surface area contributed by atoms with E-state index in [1.54, 1.807) is 35.4 Å². The third kappa shape index (κ3) is 4.42. The van der Waals surface area contributed by atoms with Gasteiger partial charge in [0, 0.05) is 45.0 Å². The Bertz CT molecular complexity index is 1100. The fourth-order valence-electron chi connectivity index (χ4n) is 3.77. The summed E-state index contributed by atoms with van der Waals surface area (Å²) < 4.78 is 1.71.